The fraction of sp³-hybridized carbons (Fsp3) is 0.0167. The number of fused-ring (bicyclic) bond motifs is 3. The molecule has 4 heteroatoms. The smallest absolute Gasteiger partial charge is 0.160 e. The van der Waals surface area contributed by atoms with Gasteiger partial charge in [-0.25, -0.2) is 9.97 Å². The summed E-state index contributed by atoms with van der Waals surface area (Å²) in [4.78, 5) is 15.6. The predicted octanol–water partition coefficient (Wildman–Crippen LogP) is 14.7. The van der Waals surface area contributed by atoms with Crippen LogP contribution in [0.3, 0.4) is 0 Å². The van der Waals surface area contributed by atoms with E-state index in [9.17, 15) is 0 Å². The van der Waals surface area contributed by atoms with Crippen molar-refractivity contribution in [3.63, 3.8) is 0 Å². The molecule has 1 aliphatic carbocycles. The largest absolute Gasteiger partial charge is 0.359 e. The molecule has 9 aromatic carbocycles. The minimum atomic E-state index is -0.261. The highest BCUT2D eigenvalue weighted by Crippen LogP contribution is 2.49. The lowest BCUT2D eigenvalue weighted by atomic mass is 9.87. The molecule has 0 saturated heterocycles. The first-order valence-corrected chi connectivity index (χ1v) is 21.8. The second-order valence-corrected chi connectivity index (χ2v) is 16.4. The minimum absolute atomic E-state index is 0.261. The number of allylic oxidation sites excluding steroid dienone is 1. The predicted molar refractivity (Wildman–Crippen MR) is 264 cm³/mol. The van der Waals surface area contributed by atoms with Crippen molar-refractivity contribution < 1.29 is 0 Å². The Bertz CT molecular complexity index is 3390. The zero-order valence-corrected chi connectivity index (χ0v) is 34.9. The summed E-state index contributed by atoms with van der Waals surface area (Å²) < 4.78 is 0. The van der Waals surface area contributed by atoms with Crippen molar-refractivity contribution in [2.24, 2.45) is 4.99 Å². The maximum atomic E-state index is 5.27. The third-order valence-corrected chi connectivity index (χ3v) is 12.5. The van der Waals surface area contributed by atoms with Gasteiger partial charge in [0.15, 0.2) is 5.82 Å². The molecule has 2 aliphatic rings. The van der Waals surface area contributed by atoms with E-state index in [2.05, 4.69) is 212 Å². The summed E-state index contributed by atoms with van der Waals surface area (Å²) in [5, 5.41) is 6.43. The van der Waals surface area contributed by atoms with E-state index in [4.69, 9.17) is 15.0 Å². The maximum absolute atomic E-state index is 5.27. The fourth-order valence-electron chi connectivity index (χ4n) is 9.41. The van der Waals surface area contributed by atoms with Crippen LogP contribution in [0, 0.1) is 0 Å². The molecule has 1 N–H and O–H groups in total. The monoisotopic (exact) mass is 816 g/mol. The molecule has 1 aliphatic heterocycles. The van der Waals surface area contributed by atoms with Crippen LogP contribution in [0.1, 0.15) is 22.9 Å². The molecule has 0 saturated carbocycles. The van der Waals surface area contributed by atoms with Gasteiger partial charge in [-0.2, -0.15) is 0 Å². The van der Waals surface area contributed by atoms with Crippen molar-refractivity contribution in [1.82, 2.24) is 15.3 Å². The Balaban J connectivity index is 1.06. The first-order chi connectivity index (χ1) is 31.7. The number of aliphatic imine (C=N–C) groups is 1. The maximum Gasteiger partial charge on any atom is 0.160 e. The van der Waals surface area contributed by atoms with Crippen LogP contribution in [0.15, 0.2) is 236 Å². The summed E-state index contributed by atoms with van der Waals surface area (Å²) in [7, 11) is 0. The Kier molecular flexibility index (Phi) is 9.19. The number of benzene rings is 9. The van der Waals surface area contributed by atoms with Gasteiger partial charge in [0.25, 0.3) is 0 Å². The van der Waals surface area contributed by atoms with E-state index in [0.29, 0.717) is 5.82 Å². The van der Waals surface area contributed by atoms with Gasteiger partial charge in [-0.3, -0.25) is 4.99 Å². The van der Waals surface area contributed by atoms with Gasteiger partial charge in [0.05, 0.1) is 17.1 Å². The van der Waals surface area contributed by atoms with E-state index >= 15 is 0 Å². The lowest BCUT2D eigenvalue weighted by molar-refractivity contribution is 0.664. The summed E-state index contributed by atoms with van der Waals surface area (Å²) in [5.41, 5.74) is 19.6. The Morgan fingerprint density at radius 3 is 1.56 bits per heavy atom. The Morgan fingerprint density at radius 1 is 0.344 bits per heavy atom. The van der Waals surface area contributed by atoms with Gasteiger partial charge in [0.2, 0.25) is 0 Å². The van der Waals surface area contributed by atoms with E-state index < -0.39 is 0 Å². The van der Waals surface area contributed by atoms with Crippen molar-refractivity contribution in [3.05, 3.63) is 247 Å². The molecular formula is C60H40N4. The van der Waals surface area contributed by atoms with Gasteiger partial charge in [-0.05, 0) is 90.7 Å². The van der Waals surface area contributed by atoms with E-state index in [1.165, 1.54) is 33.0 Å². The van der Waals surface area contributed by atoms with Crippen LogP contribution >= 0.6 is 0 Å². The molecule has 64 heavy (non-hydrogen) atoms. The van der Waals surface area contributed by atoms with Crippen LogP contribution in [0.5, 0.6) is 0 Å². The first-order valence-electron chi connectivity index (χ1n) is 21.8. The third-order valence-electron chi connectivity index (χ3n) is 12.5. The summed E-state index contributed by atoms with van der Waals surface area (Å²) in [6.07, 6.45) is 1.94. The molecule has 0 fully saturated rings. The van der Waals surface area contributed by atoms with Gasteiger partial charge in [0.1, 0.15) is 6.17 Å². The molecule has 2 heterocycles. The van der Waals surface area contributed by atoms with Crippen LogP contribution in [0.2, 0.25) is 0 Å². The van der Waals surface area contributed by atoms with Crippen molar-refractivity contribution >= 4 is 22.2 Å². The van der Waals surface area contributed by atoms with E-state index in [1.807, 2.05) is 24.3 Å². The second-order valence-electron chi connectivity index (χ2n) is 16.4. The number of nitrogens with zero attached hydrogens (tertiary/aromatic N) is 3. The van der Waals surface area contributed by atoms with Gasteiger partial charge >= 0.3 is 0 Å². The number of aromatic nitrogens is 2. The lowest BCUT2D eigenvalue weighted by Crippen LogP contribution is -2.25. The lowest BCUT2D eigenvalue weighted by Gasteiger charge is -2.26. The summed E-state index contributed by atoms with van der Waals surface area (Å²) in [6, 6.07) is 79.6. The zero-order valence-electron chi connectivity index (χ0n) is 34.9. The van der Waals surface area contributed by atoms with Crippen LogP contribution in [0.4, 0.5) is 0 Å². The van der Waals surface area contributed by atoms with E-state index in [0.717, 1.165) is 78.4 Å². The molecule has 0 spiro atoms. The summed E-state index contributed by atoms with van der Waals surface area (Å²) in [6.45, 7) is 0. The molecule has 0 amide bonds. The molecule has 10 aromatic rings. The summed E-state index contributed by atoms with van der Waals surface area (Å²) in [5.74, 6) is 0.690. The minimum Gasteiger partial charge on any atom is -0.359 e. The topological polar surface area (TPSA) is 50.2 Å². The van der Waals surface area contributed by atoms with Crippen molar-refractivity contribution in [2.75, 3.05) is 0 Å². The van der Waals surface area contributed by atoms with Gasteiger partial charge in [-0.15, -0.1) is 0 Å². The molecule has 0 radical (unpaired) electrons. The Labute approximate surface area is 372 Å². The highest BCUT2D eigenvalue weighted by atomic mass is 15.1. The molecule has 12 rings (SSSR count). The molecule has 300 valence electrons. The Morgan fingerprint density at radius 2 is 0.859 bits per heavy atom. The average Bonchev–Trinajstić information content (AvgIpc) is 3.71. The number of nitrogens with one attached hydrogen (secondary N) is 1. The second kappa shape index (κ2) is 15.8. The highest BCUT2D eigenvalue weighted by molar-refractivity contribution is 6.16. The molecular weight excluding hydrogens is 777 g/mol. The molecule has 4 nitrogen and oxygen atoms in total. The summed E-state index contributed by atoms with van der Waals surface area (Å²) >= 11 is 0. The van der Waals surface area contributed by atoms with Crippen LogP contribution < -0.4 is 5.32 Å². The standard InChI is InChI=1S/C60H40N4/c1-5-17-39(18-6-1)54-37-56(63-59(61-54)42-21-9-3-10-22-42)45-32-34-47(52(36-45)44-31-33-48-50-29-15-25-41-26-16-30-51(58(41)50)53(48)35-44)46-27-13-14-28-49(46)57-38-55(40-19-7-2-8-20-40)62-60(64-57)43-23-11-4-12-24-43/h1-38,60,64H. The SMILES string of the molecule is C1=C(c2ccccc2-c2ccc(-c3cc(-c4ccccc4)nc(-c4ccccc4)n3)cc2-c2ccc3c(c2)-c2cccc4cccc-3c24)NC(c2ccccc2)N=C1c1ccccc1. The van der Waals surface area contributed by atoms with Crippen molar-refractivity contribution in [1.29, 1.82) is 0 Å². The Hall–Kier alpha value is -8.47. The van der Waals surface area contributed by atoms with Crippen LogP contribution in [0.25, 0.3) is 94.9 Å². The van der Waals surface area contributed by atoms with Gasteiger partial charge in [-0.1, -0.05) is 206 Å². The molecule has 1 unspecified atom stereocenters. The van der Waals surface area contributed by atoms with E-state index in [-0.39, 0.29) is 6.17 Å². The van der Waals surface area contributed by atoms with Crippen molar-refractivity contribution in [2.45, 2.75) is 6.17 Å². The number of hydrogen-bond acceptors (Lipinski definition) is 4. The quantitative estimate of drug-likeness (QED) is 0.166. The molecule has 1 aromatic heterocycles. The number of rotatable bonds is 8. The van der Waals surface area contributed by atoms with Gasteiger partial charge < -0.3 is 5.32 Å². The van der Waals surface area contributed by atoms with Crippen molar-refractivity contribution in [3.8, 4) is 78.4 Å². The average molecular weight is 817 g/mol. The van der Waals surface area contributed by atoms with Crippen LogP contribution in [-0.2, 0) is 0 Å². The molecule has 0 bridgehead atoms. The number of hydrogen-bond donors (Lipinski definition) is 1. The zero-order chi connectivity index (χ0) is 42.4. The fourth-order valence-corrected chi connectivity index (χ4v) is 9.41. The normalized spacial score (nSPS) is 13.8. The molecule has 1 atom stereocenters. The van der Waals surface area contributed by atoms with E-state index in [1.54, 1.807) is 0 Å². The first kappa shape index (κ1) is 37.3. The highest BCUT2D eigenvalue weighted by Gasteiger charge is 2.25. The third kappa shape index (κ3) is 6.70. The van der Waals surface area contributed by atoms with Crippen LogP contribution in [-0.4, -0.2) is 15.7 Å². The van der Waals surface area contributed by atoms with Gasteiger partial charge in [0, 0.05) is 28.0 Å².